The minimum Gasteiger partial charge on any atom is -0.369 e. The highest BCUT2D eigenvalue weighted by Gasteiger charge is 2.33. The normalized spacial score (nSPS) is 22.6. The molecule has 0 aromatic carbocycles. The SMILES string of the molecule is CC[C@@]1(C)Cc2c(sc3nc(SC)nc(SCC(=O)NC4CCCCC4)c23)CO1. The largest absolute Gasteiger partial charge is 0.369 e. The lowest BCUT2D eigenvalue weighted by atomic mass is 9.90. The molecule has 0 radical (unpaired) electrons. The van der Waals surface area contributed by atoms with Crippen molar-refractivity contribution in [2.45, 2.75) is 87.2 Å². The number of nitrogens with one attached hydrogen (secondary N) is 1. The van der Waals surface area contributed by atoms with Gasteiger partial charge in [-0.3, -0.25) is 4.79 Å². The Balaban J connectivity index is 1.57. The van der Waals surface area contributed by atoms with Crippen LogP contribution in [0.25, 0.3) is 10.2 Å². The van der Waals surface area contributed by atoms with Gasteiger partial charge >= 0.3 is 0 Å². The van der Waals surface area contributed by atoms with Crippen LogP contribution >= 0.6 is 34.9 Å². The lowest BCUT2D eigenvalue weighted by molar-refractivity contribution is -0.119. The van der Waals surface area contributed by atoms with Gasteiger partial charge in [0.1, 0.15) is 9.86 Å². The molecular formula is C21H29N3O2S3. The van der Waals surface area contributed by atoms with Crippen molar-refractivity contribution in [2.24, 2.45) is 0 Å². The van der Waals surface area contributed by atoms with E-state index in [2.05, 4.69) is 19.2 Å². The highest BCUT2D eigenvalue weighted by molar-refractivity contribution is 8.00. The standard InChI is InChI=1S/C21H29N3O2S3/c1-4-21(2)10-14-15(11-26-21)29-19-17(14)18(23-20(24-19)27-3)28-12-16(25)22-13-8-6-5-7-9-13/h13H,4-12H2,1-3H3,(H,22,25)/t21-/m0/s1. The molecule has 0 bridgehead atoms. The molecule has 8 heteroatoms. The number of thioether (sulfide) groups is 2. The van der Waals surface area contributed by atoms with E-state index >= 15 is 0 Å². The quantitative estimate of drug-likeness (QED) is 0.370. The number of fused-ring (bicyclic) bond motifs is 3. The number of ether oxygens (including phenoxy) is 1. The van der Waals surface area contributed by atoms with Gasteiger partial charge in [0.15, 0.2) is 5.16 Å². The summed E-state index contributed by atoms with van der Waals surface area (Å²) in [5.74, 6) is 0.521. The summed E-state index contributed by atoms with van der Waals surface area (Å²) in [4.78, 5) is 24.4. The lowest BCUT2D eigenvalue weighted by Crippen LogP contribution is -2.37. The second-order valence-electron chi connectivity index (χ2n) is 8.16. The Morgan fingerprint density at radius 2 is 2.10 bits per heavy atom. The average molecular weight is 452 g/mol. The van der Waals surface area contributed by atoms with Crippen LogP contribution in [0.4, 0.5) is 0 Å². The molecule has 3 heterocycles. The predicted octanol–water partition coefficient (Wildman–Crippen LogP) is 5.20. The van der Waals surface area contributed by atoms with Crippen molar-refractivity contribution in [3.05, 3.63) is 10.4 Å². The molecule has 1 N–H and O–H groups in total. The van der Waals surface area contributed by atoms with Crippen molar-refractivity contribution in [2.75, 3.05) is 12.0 Å². The van der Waals surface area contributed by atoms with Crippen LogP contribution < -0.4 is 5.32 Å². The third-order valence-electron chi connectivity index (χ3n) is 6.02. The smallest absolute Gasteiger partial charge is 0.230 e. The number of hydrogen-bond acceptors (Lipinski definition) is 7. The van der Waals surface area contributed by atoms with Gasteiger partial charge in [0, 0.05) is 22.7 Å². The van der Waals surface area contributed by atoms with Crippen LogP contribution in [-0.4, -0.2) is 39.5 Å². The van der Waals surface area contributed by atoms with E-state index in [9.17, 15) is 4.79 Å². The number of hydrogen-bond donors (Lipinski definition) is 1. The maximum Gasteiger partial charge on any atom is 0.230 e. The van der Waals surface area contributed by atoms with E-state index in [1.54, 1.807) is 34.9 Å². The molecule has 158 valence electrons. The summed E-state index contributed by atoms with van der Waals surface area (Å²) in [5.41, 5.74) is 1.18. The van der Waals surface area contributed by atoms with Crippen molar-refractivity contribution in [1.29, 1.82) is 0 Å². The molecule has 1 amide bonds. The van der Waals surface area contributed by atoms with Gasteiger partial charge in [0.05, 0.1) is 18.0 Å². The summed E-state index contributed by atoms with van der Waals surface area (Å²) in [6.45, 7) is 5.00. The topological polar surface area (TPSA) is 64.1 Å². The van der Waals surface area contributed by atoms with E-state index in [1.807, 2.05) is 6.26 Å². The molecule has 0 saturated heterocycles. The van der Waals surface area contributed by atoms with Gasteiger partial charge in [-0.2, -0.15) is 0 Å². The molecule has 1 aliphatic heterocycles. The summed E-state index contributed by atoms with van der Waals surface area (Å²) in [5, 5.41) is 6.07. The molecule has 2 aromatic rings. The van der Waals surface area contributed by atoms with E-state index in [0.717, 1.165) is 46.1 Å². The average Bonchev–Trinajstić information content (AvgIpc) is 3.10. The second kappa shape index (κ2) is 9.12. The predicted molar refractivity (Wildman–Crippen MR) is 122 cm³/mol. The summed E-state index contributed by atoms with van der Waals surface area (Å²) in [6, 6.07) is 0.348. The van der Waals surface area contributed by atoms with E-state index in [0.29, 0.717) is 18.4 Å². The van der Waals surface area contributed by atoms with Crippen LogP contribution in [0.15, 0.2) is 10.2 Å². The maximum absolute atomic E-state index is 12.6. The summed E-state index contributed by atoms with van der Waals surface area (Å²) < 4.78 is 6.14. The molecule has 5 nitrogen and oxygen atoms in total. The van der Waals surface area contributed by atoms with Gasteiger partial charge in [0.25, 0.3) is 0 Å². The first-order valence-electron chi connectivity index (χ1n) is 10.4. The maximum atomic E-state index is 12.6. The first-order valence-corrected chi connectivity index (χ1v) is 13.5. The Hall–Kier alpha value is -0.830. The Morgan fingerprint density at radius 3 is 2.83 bits per heavy atom. The summed E-state index contributed by atoms with van der Waals surface area (Å²) in [7, 11) is 0. The number of aromatic nitrogens is 2. The van der Waals surface area contributed by atoms with Crippen molar-refractivity contribution in [3.8, 4) is 0 Å². The van der Waals surface area contributed by atoms with Crippen molar-refractivity contribution >= 4 is 51.0 Å². The first kappa shape index (κ1) is 21.4. The number of carbonyl (C=O) groups excluding carboxylic acids is 1. The van der Waals surface area contributed by atoms with Crippen LogP contribution in [0.2, 0.25) is 0 Å². The Labute approximate surface area is 185 Å². The molecule has 1 saturated carbocycles. The third-order valence-corrected chi connectivity index (χ3v) is 8.65. The number of rotatable bonds is 6. The first-order chi connectivity index (χ1) is 14.0. The molecular weight excluding hydrogens is 422 g/mol. The van der Waals surface area contributed by atoms with E-state index in [1.165, 1.54) is 29.7 Å². The fourth-order valence-corrected chi connectivity index (χ4v) is 6.61. The van der Waals surface area contributed by atoms with Crippen LogP contribution in [0.5, 0.6) is 0 Å². The van der Waals surface area contributed by atoms with Crippen LogP contribution in [0, 0.1) is 0 Å². The van der Waals surface area contributed by atoms with Gasteiger partial charge in [-0.05, 0) is 38.0 Å². The second-order valence-corrected chi connectivity index (χ2v) is 11.0. The zero-order valence-electron chi connectivity index (χ0n) is 17.4. The molecule has 29 heavy (non-hydrogen) atoms. The van der Waals surface area contributed by atoms with Gasteiger partial charge in [-0.1, -0.05) is 49.7 Å². The molecule has 4 rings (SSSR count). The molecule has 1 fully saturated rings. The number of amides is 1. The Kier molecular flexibility index (Phi) is 6.73. The van der Waals surface area contributed by atoms with Crippen LogP contribution in [-0.2, 0) is 22.6 Å². The van der Waals surface area contributed by atoms with E-state index in [-0.39, 0.29) is 11.5 Å². The van der Waals surface area contributed by atoms with Gasteiger partial charge in [0.2, 0.25) is 5.91 Å². The summed E-state index contributed by atoms with van der Waals surface area (Å²) >= 11 is 4.81. The highest BCUT2D eigenvalue weighted by Crippen LogP contribution is 2.43. The molecule has 0 unspecified atom stereocenters. The fraction of sp³-hybridized carbons (Fsp3) is 0.667. The van der Waals surface area contributed by atoms with Crippen LogP contribution in [0.1, 0.15) is 62.8 Å². The molecule has 2 aliphatic rings. The lowest BCUT2D eigenvalue weighted by Gasteiger charge is -2.33. The zero-order chi connectivity index (χ0) is 20.4. The van der Waals surface area contributed by atoms with Crippen molar-refractivity contribution in [3.63, 3.8) is 0 Å². The third kappa shape index (κ3) is 4.75. The minimum atomic E-state index is -0.139. The van der Waals surface area contributed by atoms with E-state index < -0.39 is 0 Å². The molecule has 2 aromatic heterocycles. The molecule has 1 atom stereocenters. The molecule has 0 spiro atoms. The van der Waals surface area contributed by atoms with Gasteiger partial charge in [-0.15, -0.1) is 11.3 Å². The Morgan fingerprint density at radius 1 is 1.31 bits per heavy atom. The van der Waals surface area contributed by atoms with E-state index in [4.69, 9.17) is 14.7 Å². The minimum absolute atomic E-state index is 0.116. The fourth-order valence-electron chi connectivity index (χ4n) is 4.09. The van der Waals surface area contributed by atoms with Crippen LogP contribution in [0.3, 0.4) is 0 Å². The van der Waals surface area contributed by atoms with Gasteiger partial charge in [-0.25, -0.2) is 9.97 Å². The number of carbonyl (C=O) groups is 1. The number of thiophene rings is 1. The number of nitrogens with zero attached hydrogens (tertiary/aromatic N) is 2. The Bertz CT molecular complexity index is 895. The van der Waals surface area contributed by atoms with Crippen molar-refractivity contribution < 1.29 is 9.53 Å². The monoisotopic (exact) mass is 451 g/mol. The van der Waals surface area contributed by atoms with Gasteiger partial charge < -0.3 is 10.1 Å². The zero-order valence-corrected chi connectivity index (χ0v) is 19.8. The van der Waals surface area contributed by atoms with Crippen molar-refractivity contribution in [1.82, 2.24) is 15.3 Å². The summed E-state index contributed by atoms with van der Waals surface area (Å²) in [6.07, 6.45) is 9.80. The molecule has 1 aliphatic carbocycles. The highest BCUT2D eigenvalue weighted by atomic mass is 32.2.